The van der Waals surface area contributed by atoms with Crippen molar-refractivity contribution < 1.29 is 23.3 Å². The summed E-state index contributed by atoms with van der Waals surface area (Å²) in [6.07, 6.45) is 9.62. The summed E-state index contributed by atoms with van der Waals surface area (Å²) < 4.78 is 35.9. The van der Waals surface area contributed by atoms with E-state index in [-0.39, 0.29) is 29.3 Å². The Morgan fingerprint density at radius 2 is 2.02 bits per heavy atom. The van der Waals surface area contributed by atoms with Crippen LogP contribution in [-0.4, -0.2) is 57.9 Å². The van der Waals surface area contributed by atoms with E-state index in [2.05, 4.69) is 37.3 Å². The lowest BCUT2D eigenvalue weighted by molar-refractivity contribution is -0.00132. The molecule has 0 spiro atoms. The lowest BCUT2D eigenvalue weighted by Crippen LogP contribution is -2.47. The van der Waals surface area contributed by atoms with Gasteiger partial charge in [-0.05, 0) is 110 Å². The Morgan fingerprint density at radius 3 is 2.76 bits per heavy atom. The molecular weight excluding hydrogens is 662 g/mol. The van der Waals surface area contributed by atoms with E-state index in [4.69, 9.17) is 21.1 Å². The minimum Gasteiger partial charge on any atom is -0.491 e. The maximum atomic E-state index is 14.8. The van der Waals surface area contributed by atoms with Gasteiger partial charge in [-0.25, -0.2) is 4.21 Å². The second-order valence-electron chi connectivity index (χ2n) is 13.7. The Bertz CT molecular complexity index is 1930. The summed E-state index contributed by atoms with van der Waals surface area (Å²) in [7, 11) is -0.0821. The summed E-state index contributed by atoms with van der Waals surface area (Å²) in [5.74, 6) is -0.0326. The van der Waals surface area contributed by atoms with E-state index in [1.54, 1.807) is 31.1 Å². The van der Waals surface area contributed by atoms with Gasteiger partial charge in [-0.3, -0.25) is 19.0 Å². The number of fused-ring (bicyclic) bond motifs is 4. The Labute approximate surface area is 293 Å². The highest BCUT2D eigenvalue weighted by atomic mass is 35.5. The zero-order valence-corrected chi connectivity index (χ0v) is 29.9. The van der Waals surface area contributed by atoms with Crippen LogP contribution in [0.15, 0.2) is 58.6 Å². The molecule has 1 aromatic heterocycles. The molecule has 2 aromatic carbocycles. The van der Waals surface area contributed by atoms with Crippen molar-refractivity contribution in [2.24, 2.45) is 29.2 Å². The number of halogens is 1. The summed E-state index contributed by atoms with van der Waals surface area (Å²) in [6.45, 7) is 3.81. The van der Waals surface area contributed by atoms with Gasteiger partial charge in [-0.1, -0.05) is 30.7 Å². The highest BCUT2D eigenvalue weighted by Crippen LogP contribution is 2.47. The number of carbonyl (C=O) groups is 2. The minimum absolute atomic E-state index is 0.0226. The smallest absolute Gasteiger partial charge is 0.286 e. The quantitative estimate of drug-likeness (QED) is 0.317. The molecule has 4 aliphatic rings. The molecule has 0 radical (unpaired) electrons. The van der Waals surface area contributed by atoms with Crippen LogP contribution >= 0.6 is 11.6 Å². The fourth-order valence-corrected chi connectivity index (χ4v) is 9.84. The van der Waals surface area contributed by atoms with E-state index in [0.717, 1.165) is 54.9 Å². The van der Waals surface area contributed by atoms with Crippen molar-refractivity contribution in [2.45, 2.75) is 64.5 Å². The number of rotatable bonds is 4. The molecule has 1 saturated carbocycles. The van der Waals surface area contributed by atoms with Gasteiger partial charge in [-0.15, -0.1) is 4.36 Å². The molecule has 2 bridgehead atoms. The number of aromatic nitrogens is 2. The molecule has 49 heavy (non-hydrogen) atoms. The predicted octanol–water partition coefficient (Wildman–Crippen LogP) is 6.31. The van der Waals surface area contributed by atoms with Crippen molar-refractivity contribution in [1.29, 1.82) is 0 Å². The fraction of sp³-hybridized carbons (Fsp3) is 0.486. The third kappa shape index (κ3) is 6.90. The van der Waals surface area contributed by atoms with E-state index >= 15 is 0 Å². The molecule has 3 aromatic rings. The second-order valence-corrected chi connectivity index (χ2v) is 16.2. The Kier molecular flexibility index (Phi) is 9.60. The van der Waals surface area contributed by atoms with Crippen LogP contribution in [0.4, 0.5) is 5.69 Å². The molecule has 260 valence electrons. The second kappa shape index (κ2) is 13.9. The third-order valence-corrected chi connectivity index (χ3v) is 12.6. The number of methoxy groups -OCH3 is 1. The monoisotopic (exact) mass is 705 g/mol. The van der Waals surface area contributed by atoms with Crippen molar-refractivity contribution in [3.63, 3.8) is 0 Å². The molecule has 3 heterocycles. The van der Waals surface area contributed by atoms with Crippen LogP contribution in [0.2, 0.25) is 5.02 Å². The highest BCUT2D eigenvalue weighted by molar-refractivity contribution is 7.92. The van der Waals surface area contributed by atoms with Crippen molar-refractivity contribution in [3.05, 3.63) is 87.2 Å². The first-order valence-corrected chi connectivity index (χ1v) is 19.4. The topological polar surface area (TPSA) is 115 Å². The van der Waals surface area contributed by atoms with E-state index in [1.165, 1.54) is 11.1 Å². The Hall–Kier alpha value is -3.67. The first-order valence-electron chi connectivity index (χ1n) is 17.3. The van der Waals surface area contributed by atoms with Gasteiger partial charge in [0.1, 0.15) is 15.7 Å². The first-order chi connectivity index (χ1) is 23.6. The van der Waals surface area contributed by atoms with Gasteiger partial charge in [0.25, 0.3) is 11.8 Å². The number of carbonyl (C=O) groups excluding carboxylic acids is 2. The minimum atomic E-state index is -3.56. The number of amides is 2. The van der Waals surface area contributed by atoms with Gasteiger partial charge in [0.2, 0.25) is 0 Å². The predicted molar refractivity (Wildman–Crippen MR) is 190 cm³/mol. The summed E-state index contributed by atoms with van der Waals surface area (Å²) in [5, 5.41) is 5.10. The van der Waals surface area contributed by atoms with Gasteiger partial charge in [-0.2, -0.15) is 5.10 Å². The number of hydrogen-bond donors (Lipinski definition) is 1. The normalized spacial score (nSPS) is 26.8. The van der Waals surface area contributed by atoms with Crippen LogP contribution in [0.25, 0.3) is 0 Å². The van der Waals surface area contributed by atoms with Crippen molar-refractivity contribution in [1.82, 2.24) is 14.5 Å². The Morgan fingerprint density at radius 1 is 1.16 bits per heavy atom. The number of hydrogen-bond acceptors (Lipinski definition) is 7. The molecule has 1 fully saturated rings. The molecule has 1 unspecified atom stereocenters. The molecule has 2 amide bonds. The van der Waals surface area contributed by atoms with Gasteiger partial charge in [0.15, 0.2) is 0 Å². The number of nitrogens with one attached hydrogen (secondary N) is 1. The summed E-state index contributed by atoms with van der Waals surface area (Å²) in [6, 6.07) is 11.4. The van der Waals surface area contributed by atoms with E-state index in [0.29, 0.717) is 48.9 Å². The zero-order valence-electron chi connectivity index (χ0n) is 28.3. The molecule has 0 saturated heterocycles. The maximum Gasteiger partial charge on any atom is 0.286 e. The van der Waals surface area contributed by atoms with Crippen molar-refractivity contribution >= 4 is 39.0 Å². The maximum absolute atomic E-state index is 14.8. The van der Waals surface area contributed by atoms with Crippen LogP contribution in [0, 0.1) is 17.8 Å². The lowest BCUT2D eigenvalue weighted by Gasteiger charge is -2.47. The number of ether oxygens (including phenoxy) is 2. The Balaban J connectivity index is 1.34. The molecule has 7 rings (SSSR count). The first kappa shape index (κ1) is 33.8. The van der Waals surface area contributed by atoms with E-state index in [1.807, 2.05) is 25.1 Å². The number of benzene rings is 2. The van der Waals surface area contributed by atoms with Crippen LogP contribution in [0.3, 0.4) is 0 Å². The van der Waals surface area contributed by atoms with Crippen molar-refractivity contribution in [3.8, 4) is 5.75 Å². The molecule has 2 aliphatic heterocycles. The molecule has 2 aliphatic carbocycles. The average molecular weight is 706 g/mol. The van der Waals surface area contributed by atoms with E-state index < -0.39 is 21.7 Å². The number of nitrogens with zero attached hydrogens (tertiary/aromatic N) is 4. The van der Waals surface area contributed by atoms with Crippen molar-refractivity contribution in [2.75, 3.05) is 30.9 Å². The summed E-state index contributed by atoms with van der Waals surface area (Å²) in [5.41, 5.74) is 5.47. The highest BCUT2D eigenvalue weighted by Gasteiger charge is 2.44. The van der Waals surface area contributed by atoms with Gasteiger partial charge >= 0.3 is 0 Å². The van der Waals surface area contributed by atoms with Crippen LogP contribution in [0.5, 0.6) is 5.75 Å². The summed E-state index contributed by atoms with van der Waals surface area (Å²) >= 11 is 6.46. The SMILES string of the molecule is CCc1nn(C)cc1C(=O)NS1(=O)=NC(=O)c2ccc3c(c2)N(Cc2ccc(Cl)cc2CCCCO3)C[C@@H]2CC[C@H]2[C@@H](OC)C2=CC[C@@H]2C1. The lowest BCUT2D eigenvalue weighted by atomic mass is 9.65. The molecule has 12 heteroatoms. The molecule has 1 N–H and O–H groups in total. The van der Waals surface area contributed by atoms with Crippen LogP contribution in [0.1, 0.15) is 76.6 Å². The van der Waals surface area contributed by atoms with Crippen LogP contribution in [-0.2, 0) is 41.1 Å². The fourth-order valence-electron chi connectivity index (χ4n) is 7.80. The van der Waals surface area contributed by atoms with Gasteiger partial charge < -0.3 is 14.4 Å². The number of anilines is 1. The zero-order chi connectivity index (χ0) is 34.3. The third-order valence-electron chi connectivity index (χ3n) is 10.6. The molecular formula is C37H44ClN5O5S. The number of allylic oxidation sites excluding steroid dienone is 1. The average Bonchev–Trinajstić information content (AvgIpc) is 3.44. The standard InChI is InChI=1S/C37H44ClN5O5S/c1-4-32-31(21-42(2)39-32)37(45)41-49(46)22-27-10-14-30(27)35(47-3)29-13-9-26(29)20-43-19-25-8-12-28(38)17-23(25)7-5-6-16-48-34-15-11-24(18-33(34)43)36(44)40-49/h8,11-12,14-15,17-18,21,26-27,29,35H,4-7,9-10,13,16,19-20,22H2,1-3H3,(H,40,41,44,45,46)/t26-,27+,29+,35+,49?/m0/s1. The van der Waals surface area contributed by atoms with E-state index in [9.17, 15) is 13.8 Å². The summed E-state index contributed by atoms with van der Waals surface area (Å²) in [4.78, 5) is 30.0. The van der Waals surface area contributed by atoms with Gasteiger partial charge in [0.05, 0.1) is 35.4 Å². The van der Waals surface area contributed by atoms with Gasteiger partial charge in [0, 0.05) is 44.0 Å². The number of aryl methyl sites for hydroxylation is 3. The molecule has 10 nitrogen and oxygen atoms in total. The largest absolute Gasteiger partial charge is 0.491 e. The van der Waals surface area contributed by atoms with Crippen LogP contribution < -0.4 is 14.4 Å². The molecule has 5 atom stereocenters.